The van der Waals surface area contributed by atoms with Crippen molar-refractivity contribution in [3.63, 3.8) is 0 Å². The number of nitrogens with zero attached hydrogens (tertiary/aromatic N) is 3. The minimum Gasteiger partial charge on any atom is -0.476 e. The molecule has 0 saturated carbocycles. The van der Waals surface area contributed by atoms with Crippen molar-refractivity contribution in [2.75, 3.05) is 40.3 Å². The number of guanidine groups is 1. The van der Waals surface area contributed by atoms with Gasteiger partial charge in [0.15, 0.2) is 5.96 Å². The smallest absolute Gasteiger partial charge is 0.213 e. The molecule has 0 aliphatic heterocycles. The van der Waals surface area contributed by atoms with Gasteiger partial charge in [0, 0.05) is 31.9 Å². The maximum absolute atomic E-state index is 5.63. The molecule has 2 N–H and O–H groups in total. The molecule has 1 heterocycles. The summed E-state index contributed by atoms with van der Waals surface area (Å²) in [4.78, 5) is 10.8. The molecule has 0 saturated heterocycles. The van der Waals surface area contributed by atoms with Crippen molar-refractivity contribution >= 4 is 29.9 Å². The Labute approximate surface area is 150 Å². The van der Waals surface area contributed by atoms with Crippen molar-refractivity contribution in [1.82, 2.24) is 20.5 Å². The number of ether oxygens (including phenoxy) is 1. The van der Waals surface area contributed by atoms with Crippen molar-refractivity contribution < 1.29 is 4.74 Å². The van der Waals surface area contributed by atoms with Gasteiger partial charge >= 0.3 is 0 Å². The maximum Gasteiger partial charge on any atom is 0.213 e. The van der Waals surface area contributed by atoms with Crippen LogP contribution in [-0.2, 0) is 6.54 Å². The summed E-state index contributed by atoms with van der Waals surface area (Å²) in [5.74, 6) is 1.48. The molecule has 0 unspecified atom stereocenters. The van der Waals surface area contributed by atoms with Crippen molar-refractivity contribution in [2.45, 2.75) is 20.4 Å². The van der Waals surface area contributed by atoms with Crippen LogP contribution in [0.25, 0.3) is 0 Å². The summed E-state index contributed by atoms with van der Waals surface area (Å²) in [6.45, 7) is 7.90. The van der Waals surface area contributed by atoms with E-state index in [4.69, 9.17) is 4.74 Å². The fraction of sp³-hybridized carbons (Fsp3) is 0.600. The number of rotatable bonds is 8. The Morgan fingerprint density at radius 2 is 1.95 bits per heavy atom. The van der Waals surface area contributed by atoms with Gasteiger partial charge in [-0.05, 0) is 39.6 Å². The molecule has 0 aliphatic carbocycles. The fourth-order valence-electron chi connectivity index (χ4n) is 1.64. The number of hydrogen-bond donors (Lipinski definition) is 2. The molecule has 22 heavy (non-hydrogen) atoms. The van der Waals surface area contributed by atoms with Gasteiger partial charge in [-0.2, -0.15) is 0 Å². The van der Waals surface area contributed by atoms with Crippen LogP contribution in [0.15, 0.2) is 23.3 Å². The first-order valence-corrected chi connectivity index (χ1v) is 7.40. The Morgan fingerprint density at radius 1 is 1.27 bits per heavy atom. The van der Waals surface area contributed by atoms with Crippen LogP contribution in [0.1, 0.15) is 19.4 Å². The molecule has 1 aromatic rings. The summed E-state index contributed by atoms with van der Waals surface area (Å²) in [6, 6.07) is 3.90. The number of halogens is 1. The number of hydrogen-bond acceptors (Lipinski definition) is 4. The summed E-state index contributed by atoms with van der Waals surface area (Å²) >= 11 is 0. The zero-order chi connectivity index (χ0) is 15.5. The second-order valence-corrected chi connectivity index (χ2v) is 4.88. The topological polar surface area (TPSA) is 61.8 Å². The third-order valence-electron chi connectivity index (χ3n) is 2.70. The van der Waals surface area contributed by atoms with E-state index in [1.807, 2.05) is 26.2 Å². The van der Waals surface area contributed by atoms with Crippen LogP contribution in [0.3, 0.4) is 0 Å². The van der Waals surface area contributed by atoms with Crippen LogP contribution >= 0.6 is 24.0 Å². The summed E-state index contributed by atoms with van der Waals surface area (Å²) in [5.41, 5.74) is 1.08. The molecule has 0 bridgehead atoms. The van der Waals surface area contributed by atoms with Crippen LogP contribution in [-0.4, -0.2) is 56.2 Å². The normalized spacial score (nSPS) is 9.86. The van der Waals surface area contributed by atoms with Crippen molar-refractivity contribution in [2.24, 2.45) is 4.99 Å². The predicted molar refractivity (Wildman–Crippen MR) is 102 cm³/mol. The lowest BCUT2D eigenvalue weighted by Gasteiger charge is -2.11. The third kappa shape index (κ3) is 9.04. The Bertz CT molecular complexity index is 432. The largest absolute Gasteiger partial charge is 0.476 e. The monoisotopic (exact) mass is 421 g/mol. The highest BCUT2D eigenvalue weighted by Crippen LogP contribution is 2.10. The van der Waals surface area contributed by atoms with E-state index in [2.05, 4.69) is 39.4 Å². The molecule has 0 aromatic carbocycles. The number of aliphatic imine (C=N–C) groups is 1. The third-order valence-corrected chi connectivity index (χ3v) is 2.70. The van der Waals surface area contributed by atoms with Crippen molar-refractivity contribution in [1.29, 1.82) is 0 Å². The lowest BCUT2D eigenvalue weighted by molar-refractivity contribution is 0.253. The quantitative estimate of drug-likeness (QED) is 0.380. The van der Waals surface area contributed by atoms with E-state index in [1.54, 1.807) is 6.20 Å². The molecule has 0 amide bonds. The Morgan fingerprint density at radius 3 is 2.55 bits per heavy atom. The van der Waals surface area contributed by atoms with E-state index in [0.29, 0.717) is 19.0 Å². The molecule has 1 rings (SSSR count). The van der Waals surface area contributed by atoms with Crippen LogP contribution < -0.4 is 15.4 Å². The summed E-state index contributed by atoms with van der Waals surface area (Å²) < 4.78 is 5.63. The van der Waals surface area contributed by atoms with Gasteiger partial charge in [-0.15, -0.1) is 24.0 Å². The predicted octanol–water partition coefficient (Wildman–Crippen LogP) is 1.71. The van der Waals surface area contributed by atoms with Gasteiger partial charge in [-0.3, -0.25) is 0 Å². The van der Waals surface area contributed by atoms with Gasteiger partial charge in [0.2, 0.25) is 5.88 Å². The van der Waals surface area contributed by atoms with Gasteiger partial charge < -0.3 is 20.3 Å². The lowest BCUT2D eigenvalue weighted by Crippen LogP contribution is -2.36. The number of nitrogens with one attached hydrogen (secondary N) is 2. The molecule has 6 nitrogen and oxygen atoms in total. The van der Waals surface area contributed by atoms with E-state index in [0.717, 1.165) is 31.2 Å². The van der Waals surface area contributed by atoms with Crippen LogP contribution in [0.2, 0.25) is 0 Å². The van der Waals surface area contributed by atoms with Gasteiger partial charge in [0.05, 0.1) is 6.54 Å². The zero-order valence-electron chi connectivity index (χ0n) is 13.9. The van der Waals surface area contributed by atoms with E-state index in [9.17, 15) is 0 Å². The fourth-order valence-corrected chi connectivity index (χ4v) is 1.64. The summed E-state index contributed by atoms with van der Waals surface area (Å²) in [6.07, 6.45) is 1.76. The molecular formula is C15H28IN5O. The summed E-state index contributed by atoms with van der Waals surface area (Å²) in [5, 5.41) is 6.40. The minimum absolute atomic E-state index is 0. The highest BCUT2D eigenvalue weighted by molar-refractivity contribution is 14.0. The average Bonchev–Trinajstić information content (AvgIpc) is 2.45. The van der Waals surface area contributed by atoms with Crippen LogP contribution in [0, 0.1) is 0 Å². The lowest BCUT2D eigenvalue weighted by atomic mass is 10.3. The van der Waals surface area contributed by atoms with Gasteiger partial charge in [-0.25, -0.2) is 9.98 Å². The minimum atomic E-state index is 0. The molecule has 126 valence electrons. The number of likely N-dealkylation sites (N-methyl/N-ethyl adjacent to an activating group) is 1. The SMILES string of the molecule is CCNC(=NCc1ccnc(OCCN(C)C)c1)NCC.I. The average molecular weight is 421 g/mol. The first-order valence-electron chi connectivity index (χ1n) is 7.40. The number of aromatic nitrogens is 1. The first-order chi connectivity index (χ1) is 10.2. The Kier molecular flexibility index (Phi) is 11.8. The van der Waals surface area contributed by atoms with Crippen molar-refractivity contribution in [3.8, 4) is 5.88 Å². The standard InChI is InChI=1S/C15H27N5O.HI/c1-5-16-15(17-6-2)19-12-13-7-8-18-14(11-13)21-10-9-20(3)4;/h7-8,11H,5-6,9-10,12H2,1-4H3,(H2,16,17,19);1H. The van der Waals surface area contributed by atoms with Gasteiger partial charge in [-0.1, -0.05) is 0 Å². The Hall–Kier alpha value is -1.09. The molecule has 0 spiro atoms. The highest BCUT2D eigenvalue weighted by Gasteiger charge is 2.00. The molecular weight excluding hydrogens is 393 g/mol. The first kappa shape index (κ1) is 20.9. The van der Waals surface area contributed by atoms with Crippen LogP contribution in [0.4, 0.5) is 0 Å². The Balaban J connectivity index is 0.00000441. The van der Waals surface area contributed by atoms with E-state index >= 15 is 0 Å². The van der Waals surface area contributed by atoms with Crippen molar-refractivity contribution in [3.05, 3.63) is 23.9 Å². The molecule has 0 aliphatic rings. The number of pyridine rings is 1. The maximum atomic E-state index is 5.63. The van der Waals surface area contributed by atoms with Crippen LogP contribution in [0.5, 0.6) is 5.88 Å². The highest BCUT2D eigenvalue weighted by atomic mass is 127. The van der Waals surface area contributed by atoms with Gasteiger partial charge in [0.25, 0.3) is 0 Å². The summed E-state index contributed by atoms with van der Waals surface area (Å²) in [7, 11) is 4.04. The van der Waals surface area contributed by atoms with Gasteiger partial charge in [0.1, 0.15) is 6.61 Å². The second kappa shape index (κ2) is 12.5. The molecule has 1 aromatic heterocycles. The second-order valence-electron chi connectivity index (χ2n) is 4.88. The molecule has 7 heteroatoms. The van der Waals surface area contributed by atoms with E-state index < -0.39 is 0 Å². The molecule has 0 fully saturated rings. The zero-order valence-corrected chi connectivity index (χ0v) is 16.3. The van der Waals surface area contributed by atoms with E-state index in [-0.39, 0.29) is 24.0 Å². The molecule has 0 atom stereocenters. The van der Waals surface area contributed by atoms with E-state index in [1.165, 1.54) is 0 Å². The molecule has 0 radical (unpaired) electrons.